The van der Waals surface area contributed by atoms with E-state index in [-0.39, 0.29) is 0 Å². The number of rotatable bonds is 3. The van der Waals surface area contributed by atoms with Gasteiger partial charge >= 0.3 is 0 Å². The van der Waals surface area contributed by atoms with Crippen molar-refractivity contribution in [2.45, 2.75) is 13.3 Å². The molecule has 1 aromatic carbocycles. The molecule has 2 heterocycles. The standard InChI is InChI=1S/C17H14ClN5/c1-2-11-3-4-13(18)5-14(11)15-9-23(8-12(15)7-19)17-6-16(20)21-10-22-17/h3-6,8-10H,2H2,1H3,(H2,20,21,22). The molecule has 0 saturated heterocycles. The summed E-state index contributed by atoms with van der Waals surface area (Å²) < 4.78 is 1.77. The van der Waals surface area contributed by atoms with Crippen molar-refractivity contribution < 1.29 is 0 Å². The lowest BCUT2D eigenvalue weighted by Crippen LogP contribution is -1.98. The van der Waals surface area contributed by atoms with Crippen molar-refractivity contribution >= 4 is 17.4 Å². The molecule has 0 unspecified atom stereocenters. The molecule has 0 fully saturated rings. The van der Waals surface area contributed by atoms with Gasteiger partial charge in [-0.2, -0.15) is 5.26 Å². The van der Waals surface area contributed by atoms with Gasteiger partial charge in [-0.3, -0.25) is 0 Å². The van der Waals surface area contributed by atoms with Gasteiger partial charge in [-0.1, -0.05) is 24.6 Å². The molecule has 0 spiro atoms. The Morgan fingerprint density at radius 2 is 2.04 bits per heavy atom. The Morgan fingerprint density at radius 1 is 1.22 bits per heavy atom. The second-order valence-electron chi connectivity index (χ2n) is 5.06. The molecule has 23 heavy (non-hydrogen) atoms. The molecule has 0 amide bonds. The minimum absolute atomic E-state index is 0.376. The van der Waals surface area contributed by atoms with Crippen LogP contribution in [-0.4, -0.2) is 14.5 Å². The van der Waals surface area contributed by atoms with Crippen LogP contribution >= 0.6 is 11.6 Å². The molecule has 6 heteroatoms. The van der Waals surface area contributed by atoms with Crippen molar-refractivity contribution in [1.82, 2.24) is 14.5 Å². The maximum Gasteiger partial charge on any atom is 0.142 e. The van der Waals surface area contributed by atoms with Gasteiger partial charge < -0.3 is 10.3 Å². The monoisotopic (exact) mass is 323 g/mol. The van der Waals surface area contributed by atoms with Gasteiger partial charge in [0.1, 0.15) is 24.0 Å². The van der Waals surface area contributed by atoms with E-state index in [0.29, 0.717) is 22.2 Å². The second-order valence-corrected chi connectivity index (χ2v) is 5.50. The van der Waals surface area contributed by atoms with Gasteiger partial charge in [0.05, 0.1) is 5.56 Å². The Bertz CT molecular complexity index is 908. The first-order chi connectivity index (χ1) is 11.1. The zero-order valence-corrected chi connectivity index (χ0v) is 13.2. The van der Waals surface area contributed by atoms with Crippen LogP contribution < -0.4 is 5.73 Å². The highest BCUT2D eigenvalue weighted by Crippen LogP contribution is 2.31. The predicted molar refractivity (Wildman–Crippen MR) is 90.3 cm³/mol. The van der Waals surface area contributed by atoms with Gasteiger partial charge in [-0.25, -0.2) is 9.97 Å². The van der Waals surface area contributed by atoms with E-state index >= 15 is 0 Å². The van der Waals surface area contributed by atoms with Crippen LogP contribution in [0, 0.1) is 11.3 Å². The van der Waals surface area contributed by atoms with Gasteiger partial charge in [-0.05, 0) is 29.7 Å². The molecule has 5 nitrogen and oxygen atoms in total. The number of nitrogen functional groups attached to an aromatic ring is 1. The third-order valence-electron chi connectivity index (χ3n) is 3.63. The van der Waals surface area contributed by atoms with Gasteiger partial charge in [0.25, 0.3) is 0 Å². The molecular weight excluding hydrogens is 310 g/mol. The summed E-state index contributed by atoms with van der Waals surface area (Å²) in [4.78, 5) is 8.07. The highest BCUT2D eigenvalue weighted by atomic mass is 35.5. The van der Waals surface area contributed by atoms with Crippen LogP contribution in [0.1, 0.15) is 18.1 Å². The van der Waals surface area contributed by atoms with Crippen LogP contribution in [-0.2, 0) is 6.42 Å². The maximum atomic E-state index is 9.47. The Balaban J connectivity index is 2.18. The van der Waals surface area contributed by atoms with Gasteiger partial charge in [0.2, 0.25) is 0 Å². The van der Waals surface area contributed by atoms with Crippen molar-refractivity contribution in [3.8, 4) is 23.0 Å². The SMILES string of the molecule is CCc1ccc(Cl)cc1-c1cn(-c2cc(N)ncn2)cc1C#N. The Kier molecular flexibility index (Phi) is 4.00. The molecule has 114 valence electrons. The van der Waals surface area contributed by atoms with E-state index in [1.807, 2.05) is 24.4 Å². The molecule has 2 aromatic heterocycles. The topological polar surface area (TPSA) is 80.5 Å². The number of nitriles is 1. The molecule has 3 rings (SSSR count). The summed E-state index contributed by atoms with van der Waals surface area (Å²) in [5.74, 6) is 0.987. The molecular formula is C17H14ClN5. The molecule has 0 saturated carbocycles. The summed E-state index contributed by atoms with van der Waals surface area (Å²) in [6.07, 6.45) is 5.85. The summed E-state index contributed by atoms with van der Waals surface area (Å²) in [6.45, 7) is 2.07. The van der Waals surface area contributed by atoms with Crippen LogP contribution in [0.2, 0.25) is 5.02 Å². The fraction of sp³-hybridized carbons (Fsp3) is 0.118. The molecule has 0 atom stereocenters. The number of nitrogens with two attached hydrogens (primary N) is 1. The first kappa shape index (κ1) is 15.1. The average molecular weight is 324 g/mol. The summed E-state index contributed by atoms with van der Waals surface area (Å²) in [5, 5.41) is 10.1. The Morgan fingerprint density at radius 3 is 2.74 bits per heavy atom. The van der Waals surface area contributed by atoms with Crippen molar-refractivity contribution in [3.05, 3.63) is 59.1 Å². The van der Waals surface area contributed by atoms with E-state index in [1.54, 1.807) is 16.8 Å². The van der Waals surface area contributed by atoms with Crippen LogP contribution in [0.25, 0.3) is 16.9 Å². The van der Waals surface area contributed by atoms with Crippen LogP contribution in [0.5, 0.6) is 0 Å². The number of hydrogen-bond acceptors (Lipinski definition) is 4. The second kappa shape index (κ2) is 6.11. The van der Waals surface area contributed by atoms with Crippen molar-refractivity contribution in [2.24, 2.45) is 0 Å². The average Bonchev–Trinajstić information content (AvgIpc) is 2.99. The van der Waals surface area contributed by atoms with E-state index in [2.05, 4.69) is 23.0 Å². The Hall–Kier alpha value is -2.84. The number of aromatic nitrogens is 3. The van der Waals surface area contributed by atoms with E-state index in [0.717, 1.165) is 23.1 Å². The van der Waals surface area contributed by atoms with E-state index < -0.39 is 0 Å². The first-order valence-electron chi connectivity index (χ1n) is 7.11. The van der Waals surface area contributed by atoms with Crippen molar-refractivity contribution in [1.29, 1.82) is 5.26 Å². The summed E-state index contributed by atoms with van der Waals surface area (Å²) in [6, 6.07) is 9.62. The number of nitrogens with zero attached hydrogens (tertiary/aromatic N) is 4. The number of halogens is 1. The van der Waals surface area contributed by atoms with Crippen LogP contribution in [0.4, 0.5) is 5.82 Å². The van der Waals surface area contributed by atoms with E-state index in [4.69, 9.17) is 17.3 Å². The number of hydrogen-bond donors (Lipinski definition) is 1. The number of aryl methyl sites for hydroxylation is 1. The Labute approximate surface area is 139 Å². The van der Waals surface area contributed by atoms with Crippen LogP contribution in [0.15, 0.2) is 43.0 Å². The molecule has 0 radical (unpaired) electrons. The van der Waals surface area contributed by atoms with Gasteiger partial charge in [-0.15, -0.1) is 0 Å². The summed E-state index contributed by atoms with van der Waals surface area (Å²) in [7, 11) is 0. The lowest BCUT2D eigenvalue weighted by atomic mass is 9.98. The third kappa shape index (κ3) is 2.89. The smallest absolute Gasteiger partial charge is 0.142 e. The molecule has 0 bridgehead atoms. The van der Waals surface area contributed by atoms with Gasteiger partial charge in [0, 0.05) is 29.0 Å². The fourth-order valence-electron chi connectivity index (χ4n) is 2.50. The highest BCUT2D eigenvalue weighted by molar-refractivity contribution is 6.30. The minimum atomic E-state index is 0.376. The largest absolute Gasteiger partial charge is 0.384 e. The van der Waals surface area contributed by atoms with E-state index in [9.17, 15) is 5.26 Å². The summed E-state index contributed by atoms with van der Waals surface area (Å²) in [5.41, 5.74) is 9.17. The molecule has 0 aliphatic carbocycles. The first-order valence-corrected chi connectivity index (χ1v) is 7.49. The predicted octanol–water partition coefficient (Wildman–Crippen LogP) is 3.60. The lowest BCUT2D eigenvalue weighted by molar-refractivity contribution is 0.985. The van der Waals surface area contributed by atoms with Crippen molar-refractivity contribution in [2.75, 3.05) is 5.73 Å². The van der Waals surface area contributed by atoms with E-state index in [1.165, 1.54) is 6.33 Å². The zero-order chi connectivity index (χ0) is 16.4. The molecule has 0 aliphatic rings. The molecule has 2 N–H and O–H groups in total. The van der Waals surface area contributed by atoms with Crippen molar-refractivity contribution in [3.63, 3.8) is 0 Å². The minimum Gasteiger partial charge on any atom is -0.384 e. The quantitative estimate of drug-likeness (QED) is 0.798. The maximum absolute atomic E-state index is 9.47. The number of anilines is 1. The fourth-order valence-corrected chi connectivity index (χ4v) is 2.67. The third-order valence-corrected chi connectivity index (χ3v) is 3.86. The summed E-state index contributed by atoms with van der Waals surface area (Å²) >= 11 is 6.14. The molecule has 0 aliphatic heterocycles. The normalized spacial score (nSPS) is 10.5. The number of benzene rings is 1. The highest BCUT2D eigenvalue weighted by Gasteiger charge is 2.14. The molecule has 3 aromatic rings. The van der Waals surface area contributed by atoms with Gasteiger partial charge in [0.15, 0.2) is 0 Å². The lowest BCUT2D eigenvalue weighted by Gasteiger charge is -2.07. The zero-order valence-electron chi connectivity index (χ0n) is 12.5. The van der Waals surface area contributed by atoms with Crippen LogP contribution in [0.3, 0.4) is 0 Å².